The van der Waals surface area contributed by atoms with Crippen LogP contribution in [0.2, 0.25) is 0 Å². The van der Waals surface area contributed by atoms with E-state index in [9.17, 15) is 14.4 Å². The number of aromatic nitrogens is 2. The molecular weight excluding hydrogens is 466 g/mol. The molecule has 1 aromatic carbocycles. The van der Waals surface area contributed by atoms with Gasteiger partial charge in [-0.2, -0.15) is 4.57 Å². The largest absolute Gasteiger partial charge is 1.00 e. The smallest absolute Gasteiger partial charge is 0.336 e. The van der Waals surface area contributed by atoms with Crippen molar-refractivity contribution in [2.75, 3.05) is 0 Å². The first kappa shape index (κ1) is 26.0. The molecule has 0 fully saturated rings. The summed E-state index contributed by atoms with van der Waals surface area (Å²) in [4.78, 5) is 24.6. The quantitative estimate of drug-likeness (QED) is 0.422. The van der Waals surface area contributed by atoms with Crippen LogP contribution in [0.25, 0.3) is 16.8 Å². The molecule has 1 aliphatic rings. The highest BCUT2D eigenvalue weighted by atomic mass is 35.5. The Morgan fingerprint density at radius 1 is 1.03 bits per heavy atom. The van der Waals surface area contributed by atoms with E-state index in [0.29, 0.717) is 6.42 Å². The van der Waals surface area contributed by atoms with Crippen molar-refractivity contribution in [1.82, 2.24) is 4.98 Å². The lowest BCUT2D eigenvalue weighted by atomic mass is 9.93. The van der Waals surface area contributed by atoms with Crippen molar-refractivity contribution in [2.45, 2.75) is 24.9 Å². The summed E-state index contributed by atoms with van der Waals surface area (Å²) in [5.41, 5.74) is 4.92. The molecule has 8 heteroatoms. The molecule has 0 radical (unpaired) electrons. The minimum Gasteiger partial charge on any atom is -1.00 e. The molecule has 5 nitrogen and oxygen atoms in total. The van der Waals surface area contributed by atoms with E-state index in [-0.39, 0.29) is 31.2 Å². The molecule has 32 heavy (non-hydrogen) atoms. The van der Waals surface area contributed by atoms with Gasteiger partial charge in [-0.15, -0.1) is 12.4 Å². The summed E-state index contributed by atoms with van der Waals surface area (Å²) in [5.74, 6) is 0. The number of nitrogens with zero attached hydrogens (tertiary/aromatic N) is 2. The van der Waals surface area contributed by atoms with Crippen LogP contribution in [0, 0.1) is 6.92 Å². The highest BCUT2D eigenvalue weighted by molar-refractivity contribution is 7.53. The Bertz CT molecular complexity index is 1160. The van der Waals surface area contributed by atoms with Crippen LogP contribution >= 0.6 is 20.0 Å². The Hall–Kier alpha value is -2.27. The van der Waals surface area contributed by atoms with E-state index in [0.717, 1.165) is 28.1 Å². The summed E-state index contributed by atoms with van der Waals surface area (Å²) in [6.07, 6.45) is 13.0. The summed E-state index contributed by atoms with van der Waals surface area (Å²) in [5, 5.41) is -1.26. The first-order valence-corrected chi connectivity index (χ1v) is 11.4. The molecule has 0 saturated carbocycles. The van der Waals surface area contributed by atoms with Crippen molar-refractivity contribution in [1.29, 1.82) is 0 Å². The highest BCUT2D eigenvalue weighted by Gasteiger charge is 2.46. The van der Waals surface area contributed by atoms with E-state index in [1.807, 2.05) is 78.4 Å². The topological polar surface area (TPSA) is 74.3 Å². The van der Waals surface area contributed by atoms with Crippen LogP contribution in [-0.4, -0.2) is 19.9 Å². The van der Waals surface area contributed by atoms with Crippen molar-refractivity contribution >= 4 is 20.0 Å². The third kappa shape index (κ3) is 5.37. The minimum absolute atomic E-state index is 0. The predicted octanol–water partition coefficient (Wildman–Crippen LogP) is 1.73. The van der Waals surface area contributed by atoms with Gasteiger partial charge in [-0.05, 0) is 36.6 Å². The Labute approximate surface area is 200 Å². The molecule has 168 valence electrons. The van der Waals surface area contributed by atoms with Gasteiger partial charge in [-0.3, -0.25) is 9.55 Å². The second-order valence-electron chi connectivity index (χ2n) is 7.66. The first-order valence-electron chi connectivity index (χ1n) is 9.80. The van der Waals surface area contributed by atoms with Crippen molar-refractivity contribution in [3.63, 3.8) is 0 Å². The lowest BCUT2D eigenvalue weighted by Gasteiger charge is -2.31. The number of halogens is 2. The van der Waals surface area contributed by atoms with Crippen molar-refractivity contribution < 1.29 is 31.3 Å². The Balaban J connectivity index is 0.00000181. The van der Waals surface area contributed by atoms with Crippen molar-refractivity contribution in [2.24, 2.45) is 0 Å². The normalized spacial score (nSPS) is 17.3. The van der Waals surface area contributed by atoms with Crippen LogP contribution in [-0.2, 0) is 11.0 Å². The zero-order chi connectivity index (χ0) is 21.2. The molecule has 2 N–H and O–H groups in total. The zero-order valence-corrected chi connectivity index (χ0v) is 20.0. The molecule has 0 amide bonds. The fraction of sp³-hybridized carbons (Fsp3) is 0.167. The van der Waals surface area contributed by atoms with Gasteiger partial charge in [0.1, 0.15) is 5.16 Å². The Morgan fingerprint density at radius 3 is 2.31 bits per heavy atom. The summed E-state index contributed by atoms with van der Waals surface area (Å²) >= 11 is 0. The third-order valence-electron chi connectivity index (χ3n) is 5.55. The number of allylic oxidation sites excluding steroid dienone is 4. The molecule has 2 aromatic heterocycles. The summed E-state index contributed by atoms with van der Waals surface area (Å²) in [6.45, 7) is 2.03. The predicted molar refractivity (Wildman–Crippen MR) is 125 cm³/mol. The monoisotopic (exact) mass is 490 g/mol. The molecule has 0 saturated heterocycles. The minimum atomic E-state index is -4.41. The average molecular weight is 491 g/mol. The van der Waals surface area contributed by atoms with Gasteiger partial charge >= 0.3 is 7.60 Å². The number of hydrogen-bond donors (Lipinski definition) is 2. The molecule has 2 heterocycles. The van der Waals surface area contributed by atoms with E-state index in [1.165, 1.54) is 0 Å². The summed E-state index contributed by atoms with van der Waals surface area (Å²) < 4.78 is 14.6. The van der Waals surface area contributed by atoms with Gasteiger partial charge in [0.2, 0.25) is 5.69 Å². The van der Waals surface area contributed by atoms with Crippen molar-refractivity contribution in [3.8, 4) is 16.8 Å². The number of benzene rings is 1. The first-order chi connectivity index (χ1) is 14.4. The Kier molecular flexibility index (Phi) is 8.58. The molecule has 3 aromatic rings. The van der Waals surface area contributed by atoms with Gasteiger partial charge in [-0.1, -0.05) is 42.0 Å². The van der Waals surface area contributed by atoms with Gasteiger partial charge in [0.05, 0.1) is 6.42 Å². The molecular formula is C24H25Cl2N2O3P. The van der Waals surface area contributed by atoms with E-state index >= 15 is 0 Å². The number of pyridine rings is 2. The standard InChI is InChI=1S/C24H23N2O3P.2ClH/c1-19-5-7-22(8-6-19)26-16-11-21(20-9-14-25-15-10-20)17-23(26)18-24(30(27,28)29)12-3-2-4-13-24;;/h2-12,14-17H,13,18H2,1H3,(H-,27,28,29);2*1H. The molecule has 4 rings (SSSR count). The highest BCUT2D eigenvalue weighted by Crippen LogP contribution is 2.56. The van der Waals surface area contributed by atoms with E-state index in [2.05, 4.69) is 4.98 Å². The maximum atomic E-state index is 12.6. The molecule has 1 aliphatic carbocycles. The zero-order valence-electron chi connectivity index (χ0n) is 17.5. The van der Waals surface area contributed by atoms with Gasteiger partial charge in [-0.25, -0.2) is 0 Å². The van der Waals surface area contributed by atoms with Gasteiger partial charge in [0, 0.05) is 36.7 Å². The lowest BCUT2D eigenvalue weighted by Crippen LogP contribution is -3.00. The second-order valence-corrected chi connectivity index (χ2v) is 9.64. The fourth-order valence-electron chi connectivity index (χ4n) is 3.78. The van der Waals surface area contributed by atoms with Crippen LogP contribution in [0.3, 0.4) is 0 Å². The molecule has 1 unspecified atom stereocenters. The summed E-state index contributed by atoms with van der Waals surface area (Å²) in [7, 11) is -4.41. The van der Waals surface area contributed by atoms with Gasteiger partial charge in [0.15, 0.2) is 11.9 Å². The maximum Gasteiger partial charge on any atom is 0.336 e. The maximum absolute atomic E-state index is 12.6. The van der Waals surface area contributed by atoms with Crippen LogP contribution in [0.4, 0.5) is 0 Å². The van der Waals surface area contributed by atoms with Gasteiger partial charge < -0.3 is 22.2 Å². The van der Waals surface area contributed by atoms with E-state index in [1.54, 1.807) is 24.5 Å². The lowest BCUT2D eigenvalue weighted by molar-refractivity contribution is -0.604. The number of aryl methyl sites for hydroxylation is 1. The van der Waals surface area contributed by atoms with E-state index < -0.39 is 12.8 Å². The molecule has 0 aliphatic heterocycles. The van der Waals surface area contributed by atoms with E-state index in [4.69, 9.17) is 0 Å². The van der Waals surface area contributed by atoms with Crippen LogP contribution < -0.4 is 17.0 Å². The summed E-state index contributed by atoms with van der Waals surface area (Å²) in [6, 6.07) is 16.0. The van der Waals surface area contributed by atoms with Gasteiger partial charge in [0.25, 0.3) is 0 Å². The molecule has 0 bridgehead atoms. The number of hydrogen-bond acceptors (Lipinski definition) is 2. The average Bonchev–Trinajstić information content (AvgIpc) is 2.75. The second kappa shape index (κ2) is 10.6. The number of rotatable bonds is 5. The molecule has 0 spiro atoms. The SMILES string of the molecule is Cc1ccc(-[n+]2ccc(-c3ccncc3)cc2CC2(P(=O)(O)O)C=CC=CC2)cc1.Cl.[Cl-]. The fourth-order valence-corrected chi connectivity index (χ4v) is 4.77. The Morgan fingerprint density at radius 2 is 1.72 bits per heavy atom. The van der Waals surface area contributed by atoms with Crippen LogP contribution in [0.1, 0.15) is 17.7 Å². The van der Waals surface area contributed by atoms with Crippen molar-refractivity contribution in [3.05, 3.63) is 103 Å². The van der Waals surface area contributed by atoms with Crippen LogP contribution in [0.5, 0.6) is 0 Å². The van der Waals surface area contributed by atoms with Crippen LogP contribution in [0.15, 0.2) is 91.4 Å². The molecule has 1 atom stereocenters. The third-order valence-corrected chi connectivity index (χ3v) is 7.20.